The van der Waals surface area contributed by atoms with E-state index >= 15 is 0 Å². The lowest BCUT2D eigenvalue weighted by Crippen LogP contribution is -2.30. The van der Waals surface area contributed by atoms with E-state index in [0.717, 1.165) is 10.9 Å². The summed E-state index contributed by atoms with van der Waals surface area (Å²) in [6, 6.07) is 15.6. The molecule has 0 aliphatic heterocycles. The summed E-state index contributed by atoms with van der Waals surface area (Å²) in [7, 11) is 0. The lowest BCUT2D eigenvalue weighted by atomic mass is 10.0. The van der Waals surface area contributed by atoms with E-state index in [1.807, 2.05) is 30.3 Å². The normalized spacial score (nSPS) is 11.8. The molecule has 0 aliphatic carbocycles. The molecule has 0 fully saturated rings. The van der Waals surface area contributed by atoms with Crippen molar-refractivity contribution in [3.8, 4) is 11.1 Å². The average molecular weight is 574 g/mol. The number of hydrogen-bond donors (Lipinski definition) is 0. The van der Waals surface area contributed by atoms with Gasteiger partial charge in [-0.3, -0.25) is 14.4 Å². The van der Waals surface area contributed by atoms with Crippen LogP contribution in [0.15, 0.2) is 65.6 Å². The third kappa shape index (κ3) is 5.52. The summed E-state index contributed by atoms with van der Waals surface area (Å²) in [5.74, 6) is -1.33. The molecule has 7 nitrogen and oxygen atoms in total. The van der Waals surface area contributed by atoms with E-state index in [1.54, 1.807) is 50.5 Å². The number of carbonyl (C=O) groups excluding carboxylic acids is 2. The van der Waals surface area contributed by atoms with Crippen molar-refractivity contribution in [1.82, 2.24) is 14.1 Å². The maximum absolute atomic E-state index is 15.0. The van der Waals surface area contributed by atoms with Crippen LogP contribution in [0.4, 0.5) is 4.39 Å². The fraction of sp³-hybridized carbons (Fsp3) is 0.250. The minimum atomic E-state index is -0.714. The lowest BCUT2D eigenvalue weighted by Gasteiger charge is -2.20. The van der Waals surface area contributed by atoms with Crippen LogP contribution in [-0.4, -0.2) is 31.5 Å². The van der Waals surface area contributed by atoms with E-state index in [1.165, 1.54) is 23.8 Å². The summed E-state index contributed by atoms with van der Waals surface area (Å²) < 4.78 is 23.3. The van der Waals surface area contributed by atoms with Crippen LogP contribution in [0.5, 0.6) is 0 Å². The molecule has 0 saturated carbocycles. The molecule has 0 saturated heterocycles. The van der Waals surface area contributed by atoms with Gasteiger partial charge in [-0.2, -0.15) is 0 Å². The minimum Gasteiger partial charge on any atom is -0.459 e. The topological polar surface area (TPSA) is 83.2 Å². The van der Waals surface area contributed by atoms with Gasteiger partial charge in [0.2, 0.25) is 0 Å². The number of benzene rings is 2. The second-order valence-electron chi connectivity index (χ2n) is 11.1. The van der Waals surface area contributed by atoms with E-state index in [0.29, 0.717) is 27.6 Å². The number of nitrogens with zero attached hydrogens (tertiary/aromatic N) is 3. The van der Waals surface area contributed by atoms with Crippen molar-refractivity contribution in [3.63, 3.8) is 0 Å². The second-order valence-corrected chi connectivity index (χ2v) is 11.4. The van der Waals surface area contributed by atoms with Gasteiger partial charge < -0.3 is 13.9 Å². The Hall–Kier alpha value is -4.30. The zero-order valence-electron chi connectivity index (χ0n) is 23.4. The Morgan fingerprint density at radius 1 is 1.07 bits per heavy atom. The highest BCUT2D eigenvalue weighted by atomic mass is 35.5. The highest BCUT2D eigenvalue weighted by Gasteiger charge is 2.26. The first kappa shape index (κ1) is 28.2. The van der Waals surface area contributed by atoms with Crippen LogP contribution in [0, 0.1) is 12.7 Å². The fourth-order valence-corrected chi connectivity index (χ4v) is 5.27. The van der Waals surface area contributed by atoms with Gasteiger partial charge in [-0.1, -0.05) is 29.8 Å². The van der Waals surface area contributed by atoms with Gasteiger partial charge in [-0.15, -0.1) is 0 Å². The van der Waals surface area contributed by atoms with Gasteiger partial charge in [0.15, 0.2) is 5.78 Å². The van der Waals surface area contributed by atoms with Crippen molar-refractivity contribution >= 4 is 45.2 Å². The molecular formula is C32H29ClFN3O4. The van der Waals surface area contributed by atoms with Gasteiger partial charge in [0.05, 0.1) is 28.8 Å². The van der Waals surface area contributed by atoms with Crippen molar-refractivity contribution in [1.29, 1.82) is 0 Å². The molecule has 0 radical (unpaired) electrons. The maximum atomic E-state index is 15.0. The first-order valence-corrected chi connectivity index (χ1v) is 13.5. The van der Waals surface area contributed by atoms with Gasteiger partial charge in [-0.25, -0.2) is 9.37 Å². The largest absolute Gasteiger partial charge is 0.459 e. The molecule has 0 amide bonds. The molecule has 5 aromatic rings. The standard InChI is InChI=1S/C32H29ClFN3O4/c1-18-13-23-26(15-24(18)34)37(16-21-14-20-9-6-7-11-25(20)35-30(21)33)29(19(2)38)28(23)22-10-8-12-36(31(22)40)17-27(39)41-32(3,4)5/h6-15H,16-17H2,1-5H3. The summed E-state index contributed by atoms with van der Waals surface area (Å²) in [4.78, 5) is 44.0. The highest BCUT2D eigenvalue weighted by molar-refractivity contribution is 6.30. The summed E-state index contributed by atoms with van der Waals surface area (Å²) in [5.41, 5.74) is 1.75. The number of aromatic nitrogens is 3. The van der Waals surface area contributed by atoms with Gasteiger partial charge in [0, 0.05) is 35.0 Å². The smallest absolute Gasteiger partial charge is 0.326 e. The number of ketones is 1. The Labute approximate surface area is 241 Å². The van der Waals surface area contributed by atoms with E-state index in [-0.39, 0.29) is 35.3 Å². The Kier molecular flexibility index (Phi) is 7.30. The fourth-order valence-electron chi connectivity index (χ4n) is 5.06. The molecule has 3 heterocycles. The monoisotopic (exact) mass is 573 g/mol. The average Bonchev–Trinajstić information content (AvgIpc) is 3.17. The number of fused-ring (bicyclic) bond motifs is 2. The summed E-state index contributed by atoms with van der Waals surface area (Å²) in [5, 5.41) is 1.66. The SMILES string of the molecule is CC(=O)c1c(-c2cccn(CC(=O)OC(C)(C)C)c2=O)c2cc(C)c(F)cc2n1Cc1cc2ccccc2nc1Cl. The Balaban J connectivity index is 1.73. The van der Waals surface area contributed by atoms with E-state index in [2.05, 4.69) is 4.98 Å². The van der Waals surface area contributed by atoms with E-state index in [4.69, 9.17) is 16.3 Å². The third-order valence-electron chi connectivity index (χ3n) is 6.76. The zero-order valence-corrected chi connectivity index (χ0v) is 24.2. The quantitative estimate of drug-likeness (QED) is 0.128. The van der Waals surface area contributed by atoms with Crippen molar-refractivity contribution in [2.75, 3.05) is 0 Å². The Morgan fingerprint density at radius 2 is 1.80 bits per heavy atom. The Bertz CT molecular complexity index is 1920. The number of carbonyl (C=O) groups is 2. The Morgan fingerprint density at radius 3 is 2.51 bits per heavy atom. The predicted octanol–water partition coefficient (Wildman–Crippen LogP) is 6.71. The first-order valence-electron chi connectivity index (χ1n) is 13.1. The number of ether oxygens (including phenoxy) is 1. The summed E-state index contributed by atoms with van der Waals surface area (Å²) in [6.07, 6.45) is 1.49. The molecule has 3 aromatic heterocycles. The number of hydrogen-bond acceptors (Lipinski definition) is 5. The molecule has 0 aliphatic rings. The van der Waals surface area contributed by atoms with Crippen LogP contribution in [0.1, 0.15) is 49.3 Å². The van der Waals surface area contributed by atoms with Crippen molar-refractivity contribution < 1.29 is 18.7 Å². The number of Topliss-reactive ketones (excluding diaryl/α,β-unsaturated/α-hetero) is 1. The van der Waals surface area contributed by atoms with Crippen molar-refractivity contribution in [3.05, 3.63) is 98.9 Å². The third-order valence-corrected chi connectivity index (χ3v) is 7.09. The van der Waals surface area contributed by atoms with Crippen LogP contribution < -0.4 is 5.56 Å². The van der Waals surface area contributed by atoms with E-state index < -0.39 is 22.9 Å². The molecule has 0 bridgehead atoms. The zero-order chi connectivity index (χ0) is 29.6. The number of esters is 1. The van der Waals surface area contributed by atoms with Crippen LogP contribution in [0.2, 0.25) is 5.15 Å². The number of pyridine rings is 2. The molecule has 2 aromatic carbocycles. The number of halogens is 2. The molecular weight excluding hydrogens is 545 g/mol. The lowest BCUT2D eigenvalue weighted by molar-refractivity contribution is -0.155. The summed E-state index contributed by atoms with van der Waals surface area (Å²) >= 11 is 6.58. The van der Waals surface area contributed by atoms with Crippen LogP contribution in [0.3, 0.4) is 0 Å². The molecule has 5 rings (SSSR count). The van der Waals surface area contributed by atoms with Crippen LogP contribution >= 0.6 is 11.6 Å². The number of rotatable bonds is 6. The van der Waals surface area contributed by atoms with Crippen molar-refractivity contribution in [2.24, 2.45) is 0 Å². The number of aryl methyl sites for hydroxylation is 1. The summed E-state index contributed by atoms with van der Waals surface area (Å²) in [6.45, 7) is 8.08. The molecule has 9 heteroatoms. The van der Waals surface area contributed by atoms with Gasteiger partial charge in [-0.05, 0) is 69.7 Å². The van der Waals surface area contributed by atoms with Crippen molar-refractivity contribution in [2.45, 2.75) is 53.3 Å². The van der Waals surface area contributed by atoms with Crippen LogP contribution in [0.25, 0.3) is 32.9 Å². The second kappa shape index (κ2) is 10.6. The van der Waals surface area contributed by atoms with Gasteiger partial charge >= 0.3 is 5.97 Å². The highest BCUT2D eigenvalue weighted by Crippen LogP contribution is 2.37. The predicted molar refractivity (Wildman–Crippen MR) is 158 cm³/mol. The van der Waals surface area contributed by atoms with Crippen LogP contribution in [-0.2, 0) is 22.6 Å². The number of para-hydroxylation sites is 1. The molecule has 41 heavy (non-hydrogen) atoms. The van der Waals surface area contributed by atoms with Gasteiger partial charge in [0.25, 0.3) is 5.56 Å². The molecule has 0 unspecified atom stereocenters. The van der Waals surface area contributed by atoms with Gasteiger partial charge in [0.1, 0.15) is 23.1 Å². The van der Waals surface area contributed by atoms with E-state index in [9.17, 15) is 18.8 Å². The minimum absolute atomic E-state index is 0.115. The molecule has 0 spiro atoms. The first-order chi connectivity index (χ1) is 19.3. The molecule has 0 N–H and O–H groups in total. The molecule has 0 atom stereocenters. The maximum Gasteiger partial charge on any atom is 0.326 e. The molecule has 210 valence electrons.